The van der Waals surface area contributed by atoms with E-state index in [1.165, 1.54) is 6.26 Å². The summed E-state index contributed by atoms with van der Waals surface area (Å²) in [5.41, 5.74) is 0.263. The van der Waals surface area contributed by atoms with Gasteiger partial charge in [-0.15, -0.1) is 0 Å². The first kappa shape index (κ1) is 10.2. The van der Waals surface area contributed by atoms with Crippen molar-refractivity contribution in [2.75, 3.05) is 5.33 Å². The molecule has 1 heterocycles. The Labute approximate surface area is 83.5 Å². The summed E-state index contributed by atoms with van der Waals surface area (Å²) in [6, 6.07) is 0. The number of halogens is 1. The van der Waals surface area contributed by atoms with Gasteiger partial charge in [0, 0.05) is 11.8 Å². The smallest absolute Gasteiger partial charge is 0.416 e. The predicted octanol–water partition coefficient (Wildman–Crippen LogP) is 1.72. The number of hydrogen-bond acceptors (Lipinski definition) is 3. The van der Waals surface area contributed by atoms with Crippen LogP contribution in [0.1, 0.15) is 29.8 Å². The minimum atomic E-state index is -0.580. The number of ketones is 1. The van der Waals surface area contributed by atoms with Crippen molar-refractivity contribution >= 4 is 21.7 Å². The molecule has 5 heteroatoms. The van der Waals surface area contributed by atoms with Crippen molar-refractivity contribution in [3.63, 3.8) is 0 Å². The van der Waals surface area contributed by atoms with Gasteiger partial charge in [0.1, 0.15) is 12.0 Å². The van der Waals surface area contributed by atoms with E-state index in [1.807, 2.05) is 0 Å². The van der Waals surface area contributed by atoms with E-state index >= 15 is 0 Å². The maximum Gasteiger partial charge on any atom is 0.416 e. The number of aromatic amines is 1. The van der Waals surface area contributed by atoms with Crippen LogP contribution in [-0.4, -0.2) is 16.1 Å². The molecule has 0 aliphatic heterocycles. The molecule has 1 N–H and O–H groups in total. The van der Waals surface area contributed by atoms with Gasteiger partial charge in [-0.2, -0.15) is 0 Å². The van der Waals surface area contributed by atoms with Crippen molar-refractivity contribution in [1.82, 2.24) is 4.98 Å². The summed E-state index contributed by atoms with van der Waals surface area (Å²) in [6.07, 6.45) is 3.38. The molecule has 0 aliphatic rings. The molecule has 13 heavy (non-hydrogen) atoms. The number of oxazole rings is 1. The maximum absolute atomic E-state index is 11.3. The van der Waals surface area contributed by atoms with Crippen LogP contribution in [-0.2, 0) is 0 Å². The van der Waals surface area contributed by atoms with E-state index < -0.39 is 5.76 Å². The minimum absolute atomic E-state index is 0.0770. The summed E-state index contributed by atoms with van der Waals surface area (Å²) in [5, 5.41) is 0.891. The average Bonchev–Trinajstić information content (AvgIpc) is 2.52. The Morgan fingerprint density at radius 1 is 1.54 bits per heavy atom. The van der Waals surface area contributed by atoms with Gasteiger partial charge in [-0.3, -0.25) is 9.78 Å². The molecule has 0 bridgehead atoms. The van der Waals surface area contributed by atoms with E-state index in [4.69, 9.17) is 0 Å². The van der Waals surface area contributed by atoms with E-state index in [9.17, 15) is 9.59 Å². The highest BCUT2D eigenvalue weighted by Crippen LogP contribution is 2.04. The summed E-state index contributed by atoms with van der Waals surface area (Å²) in [4.78, 5) is 24.1. The molecular formula is C8H10BrNO3. The number of H-pyrrole nitrogens is 1. The van der Waals surface area contributed by atoms with Crippen LogP contribution in [0, 0.1) is 0 Å². The summed E-state index contributed by atoms with van der Waals surface area (Å²) in [6.45, 7) is 0. The lowest BCUT2D eigenvalue weighted by molar-refractivity contribution is 0.0975. The zero-order valence-corrected chi connectivity index (χ0v) is 8.59. The summed E-state index contributed by atoms with van der Waals surface area (Å²) in [5.74, 6) is -0.657. The summed E-state index contributed by atoms with van der Waals surface area (Å²) < 4.78 is 4.45. The van der Waals surface area contributed by atoms with E-state index in [0.29, 0.717) is 6.42 Å². The van der Waals surface area contributed by atoms with E-state index in [1.54, 1.807) is 0 Å². The molecule has 1 aromatic rings. The molecule has 0 amide bonds. The van der Waals surface area contributed by atoms with Crippen LogP contribution in [0.3, 0.4) is 0 Å². The zero-order chi connectivity index (χ0) is 9.68. The van der Waals surface area contributed by atoms with Crippen LogP contribution in [0.5, 0.6) is 0 Å². The van der Waals surface area contributed by atoms with Crippen molar-refractivity contribution < 1.29 is 9.21 Å². The number of Topliss-reactive ketones (excluding diaryl/α,β-unsaturated/α-hetero) is 1. The molecule has 4 nitrogen and oxygen atoms in total. The summed E-state index contributed by atoms with van der Waals surface area (Å²) in [7, 11) is 0. The highest BCUT2D eigenvalue weighted by Gasteiger charge is 2.08. The Hall–Kier alpha value is -0.840. The van der Waals surface area contributed by atoms with E-state index in [2.05, 4.69) is 25.3 Å². The van der Waals surface area contributed by atoms with Crippen molar-refractivity contribution in [3.8, 4) is 0 Å². The van der Waals surface area contributed by atoms with Gasteiger partial charge in [-0.25, -0.2) is 4.79 Å². The Kier molecular flexibility index (Phi) is 3.95. The SMILES string of the molecule is O=C(CCCCBr)c1coc(=O)[nH]1. The van der Waals surface area contributed by atoms with Gasteiger partial charge in [0.05, 0.1) is 0 Å². The molecule has 1 aromatic heterocycles. The molecule has 0 fully saturated rings. The molecular weight excluding hydrogens is 238 g/mol. The van der Waals surface area contributed by atoms with Crippen LogP contribution in [0.25, 0.3) is 0 Å². The molecule has 0 saturated heterocycles. The first-order valence-corrected chi connectivity index (χ1v) is 5.13. The normalized spacial score (nSPS) is 10.2. The molecule has 1 rings (SSSR count). The molecule has 0 aliphatic carbocycles. The number of alkyl halides is 1. The quantitative estimate of drug-likeness (QED) is 0.490. The average molecular weight is 248 g/mol. The van der Waals surface area contributed by atoms with Gasteiger partial charge < -0.3 is 4.42 Å². The minimum Gasteiger partial charge on any atom is -0.416 e. The van der Waals surface area contributed by atoms with Crippen molar-refractivity contribution in [2.24, 2.45) is 0 Å². The third kappa shape index (κ3) is 3.18. The second-order valence-corrected chi connectivity index (χ2v) is 3.42. The molecule has 0 aromatic carbocycles. The highest BCUT2D eigenvalue weighted by molar-refractivity contribution is 9.09. The van der Waals surface area contributed by atoms with Gasteiger partial charge in [-0.1, -0.05) is 15.9 Å². The predicted molar refractivity (Wildman–Crippen MR) is 51.3 cm³/mol. The van der Waals surface area contributed by atoms with E-state index in [0.717, 1.165) is 18.2 Å². The Morgan fingerprint density at radius 3 is 2.85 bits per heavy atom. The van der Waals surface area contributed by atoms with Gasteiger partial charge in [0.15, 0.2) is 5.78 Å². The second-order valence-electron chi connectivity index (χ2n) is 2.63. The number of carbonyl (C=O) groups excluding carboxylic acids is 1. The lowest BCUT2D eigenvalue weighted by Crippen LogP contribution is -2.03. The molecule has 0 atom stereocenters. The Morgan fingerprint density at radius 2 is 2.31 bits per heavy atom. The topological polar surface area (TPSA) is 63.1 Å². The fraction of sp³-hybridized carbons (Fsp3) is 0.500. The Bertz CT molecular complexity index is 328. The maximum atomic E-state index is 11.3. The van der Waals surface area contributed by atoms with Crippen LogP contribution in [0.2, 0.25) is 0 Å². The number of aromatic nitrogens is 1. The lowest BCUT2D eigenvalue weighted by atomic mass is 10.1. The van der Waals surface area contributed by atoms with Crippen molar-refractivity contribution in [2.45, 2.75) is 19.3 Å². The first-order valence-electron chi connectivity index (χ1n) is 4.01. The number of unbranched alkanes of at least 4 members (excludes halogenated alkanes) is 1. The number of nitrogens with one attached hydrogen (secondary N) is 1. The zero-order valence-electron chi connectivity index (χ0n) is 7.01. The van der Waals surface area contributed by atoms with Gasteiger partial charge in [0.2, 0.25) is 0 Å². The van der Waals surface area contributed by atoms with Crippen molar-refractivity contribution in [1.29, 1.82) is 0 Å². The third-order valence-corrected chi connectivity index (χ3v) is 2.17. The van der Waals surface area contributed by atoms with Crippen LogP contribution in [0.4, 0.5) is 0 Å². The molecule has 0 unspecified atom stereocenters. The standard InChI is InChI=1S/C8H10BrNO3/c9-4-2-1-3-7(11)6-5-13-8(12)10-6/h5H,1-4H2,(H,10,12). The van der Waals surface area contributed by atoms with Gasteiger partial charge in [0.25, 0.3) is 0 Å². The Balaban J connectivity index is 2.44. The fourth-order valence-corrected chi connectivity index (χ4v) is 1.33. The van der Waals surface area contributed by atoms with Crippen LogP contribution >= 0.6 is 15.9 Å². The van der Waals surface area contributed by atoms with Gasteiger partial charge >= 0.3 is 5.76 Å². The van der Waals surface area contributed by atoms with Gasteiger partial charge in [-0.05, 0) is 12.8 Å². The molecule has 0 radical (unpaired) electrons. The number of rotatable bonds is 5. The lowest BCUT2D eigenvalue weighted by Gasteiger charge is -1.94. The molecule has 72 valence electrons. The van der Waals surface area contributed by atoms with Crippen LogP contribution < -0.4 is 5.76 Å². The second kappa shape index (κ2) is 5.01. The molecule has 0 saturated carbocycles. The highest BCUT2D eigenvalue weighted by atomic mass is 79.9. The van der Waals surface area contributed by atoms with E-state index in [-0.39, 0.29) is 11.5 Å². The summed E-state index contributed by atoms with van der Waals surface area (Å²) >= 11 is 3.27. The third-order valence-electron chi connectivity index (χ3n) is 1.61. The first-order chi connectivity index (χ1) is 6.24. The largest absolute Gasteiger partial charge is 0.416 e. The monoisotopic (exact) mass is 247 g/mol. The number of hydrogen-bond donors (Lipinski definition) is 1. The fourth-order valence-electron chi connectivity index (χ4n) is 0.931. The van der Waals surface area contributed by atoms with Crippen molar-refractivity contribution in [3.05, 3.63) is 22.5 Å². The van der Waals surface area contributed by atoms with Crippen LogP contribution in [0.15, 0.2) is 15.5 Å². The molecule has 0 spiro atoms. The number of carbonyl (C=O) groups is 1.